The second-order valence-corrected chi connectivity index (χ2v) is 7.09. The summed E-state index contributed by atoms with van der Waals surface area (Å²) in [4.78, 5) is 10.1. The van der Waals surface area contributed by atoms with Gasteiger partial charge in [-0.3, -0.25) is 14.4 Å². The van der Waals surface area contributed by atoms with Crippen molar-refractivity contribution in [3.8, 4) is 0 Å². The number of sulfonamides is 1. The van der Waals surface area contributed by atoms with Gasteiger partial charge in [-0.25, -0.2) is 8.42 Å². The van der Waals surface area contributed by atoms with Crippen molar-refractivity contribution in [2.24, 2.45) is 0 Å². The molecular formula is C14H13BrN2O4S. The van der Waals surface area contributed by atoms with E-state index in [9.17, 15) is 18.5 Å². The molecule has 22 heavy (non-hydrogen) atoms. The van der Waals surface area contributed by atoms with Crippen molar-refractivity contribution in [1.82, 2.24) is 0 Å². The van der Waals surface area contributed by atoms with Crippen molar-refractivity contribution in [1.29, 1.82) is 0 Å². The lowest BCUT2D eigenvalue weighted by Crippen LogP contribution is -2.31. The van der Waals surface area contributed by atoms with E-state index in [4.69, 9.17) is 0 Å². The van der Waals surface area contributed by atoms with Gasteiger partial charge in [-0.15, -0.1) is 0 Å². The molecule has 2 aromatic rings. The maximum Gasteiger partial charge on any atom is 0.269 e. The Bertz CT molecular complexity index is 791. The first kappa shape index (κ1) is 16.4. The highest BCUT2D eigenvalue weighted by atomic mass is 79.9. The lowest BCUT2D eigenvalue weighted by atomic mass is 10.3. The molecule has 0 saturated heterocycles. The molecule has 116 valence electrons. The van der Waals surface area contributed by atoms with Crippen molar-refractivity contribution >= 4 is 37.3 Å². The Morgan fingerprint density at radius 1 is 1.14 bits per heavy atom. The third-order valence-corrected chi connectivity index (χ3v) is 5.62. The minimum absolute atomic E-state index is 0.00991. The molecule has 0 aromatic heterocycles. The van der Waals surface area contributed by atoms with Gasteiger partial charge in [0.15, 0.2) is 0 Å². The van der Waals surface area contributed by atoms with Crippen molar-refractivity contribution in [3.05, 3.63) is 63.1 Å². The number of nitro groups is 1. The summed E-state index contributed by atoms with van der Waals surface area (Å²) in [6.07, 6.45) is 0. The van der Waals surface area contributed by atoms with Crippen LogP contribution in [0.4, 0.5) is 11.4 Å². The zero-order valence-corrected chi connectivity index (χ0v) is 14.0. The first-order valence-corrected chi connectivity index (χ1v) is 8.63. The van der Waals surface area contributed by atoms with Gasteiger partial charge >= 0.3 is 0 Å². The molecule has 0 saturated carbocycles. The summed E-state index contributed by atoms with van der Waals surface area (Å²) in [5.74, 6) is 0. The number of anilines is 1. The summed E-state index contributed by atoms with van der Waals surface area (Å²) in [7, 11) is -3.79. The minimum atomic E-state index is -3.79. The lowest BCUT2D eigenvalue weighted by molar-refractivity contribution is -0.384. The summed E-state index contributed by atoms with van der Waals surface area (Å²) in [6, 6.07) is 11.8. The molecule has 6 nitrogen and oxygen atoms in total. The molecule has 0 aliphatic carbocycles. The maximum atomic E-state index is 12.7. The SMILES string of the molecule is CCN(c1ccccc1Br)S(=O)(=O)c1ccc([N+](=O)[O-])cc1. The third kappa shape index (κ3) is 3.12. The van der Waals surface area contributed by atoms with Crippen LogP contribution in [0.2, 0.25) is 0 Å². The molecule has 0 atom stereocenters. The molecule has 8 heteroatoms. The summed E-state index contributed by atoms with van der Waals surface area (Å²) >= 11 is 3.34. The topological polar surface area (TPSA) is 80.5 Å². The molecule has 0 aliphatic rings. The van der Waals surface area contributed by atoms with Crippen LogP contribution in [0.1, 0.15) is 6.92 Å². The fourth-order valence-corrected chi connectivity index (χ4v) is 4.10. The number of hydrogen-bond acceptors (Lipinski definition) is 4. The number of hydrogen-bond donors (Lipinski definition) is 0. The third-order valence-electron chi connectivity index (χ3n) is 3.04. The van der Waals surface area contributed by atoms with E-state index < -0.39 is 14.9 Å². The second kappa shape index (κ2) is 6.45. The van der Waals surface area contributed by atoms with E-state index >= 15 is 0 Å². The van der Waals surface area contributed by atoms with Crippen LogP contribution in [0.3, 0.4) is 0 Å². The molecule has 2 aromatic carbocycles. The van der Waals surface area contributed by atoms with E-state index in [2.05, 4.69) is 15.9 Å². The monoisotopic (exact) mass is 384 g/mol. The van der Waals surface area contributed by atoms with Gasteiger partial charge in [-0.2, -0.15) is 0 Å². The van der Waals surface area contributed by atoms with Gasteiger partial charge in [-0.05, 0) is 47.1 Å². The van der Waals surface area contributed by atoms with Gasteiger partial charge in [0, 0.05) is 23.2 Å². The van der Waals surface area contributed by atoms with E-state index in [1.54, 1.807) is 31.2 Å². The Morgan fingerprint density at radius 2 is 1.73 bits per heavy atom. The number of para-hydroxylation sites is 1. The summed E-state index contributed by atoms with van der Waals surface area (Å²) in [5, 5.41) is 10.7. The van der Waals surface area contributed by atoms with Crippen LogP contribution in [0.25, 0.3) is 0 Å². The quantitative estimate of drug-likeness (QED) is 0.582. The Kier molecular flexibility index (Phi) is 4.82. The molecule has 2 rings (SSSR count). The second-order valence-electron chi connectivity index (χ2n) is 4.37. The van der Waals surface area contributed by atoms with E-state index in [1.807, 2.05) is 0 Å². The number of non-ortho nitro benzene ring substituents is 1. The van der Waals surface area contributed by atoms with Crippen LogP contribution in [-0.4, -0.2) is 19.9 Å². The Hall–Kier alpha value is -1.93. The molecule has 0 heterocycles. The highest BCUT2D eigenvalue weighted by molar-refractivity contribution is 9.10. The fraction of sp³-hybridized carbons (Fsp3) is 0.143. The zero-order chi connectivity index (χ0) is 16.3. The molecule has 0 amide bonds. The van der Waals surface area contributed by atoms with Crippen LogP contribution >= 0.6 is 15.9 Å². The van der Waals surface area contributed by atoms with E-state index in [0.29, 0.717) is 10.2 Å². The molecular weight excluding hydrogens is 372 g/mol. The molecule has 0 radical (unpaired) electrons. The smallest absolute Gasteiger partial charge is 0.265 e. The molecule has 0 N–H and O–H groups in total. The Balaban J connectivity index is 2.47. The van der Waals surface area contributed by atoms with Crippen LogP contribution in [-0.2, 0) is 10.0 Å². The first-order chi connectivity index (χ1) is 10.4. The average Bonchev–Trinajstić information content (AvgIpc) is 2.50. The van der Waals surface area contributed by atoms with Crippen molar-refractivity contribution in [3.63, 3.8) is 0 Å². The van der Waals surface area contributed by atoms with Gasteiger partial charge in [0.05, 0.1) is 15.5 Å². The van der Waals surface area contributed by atoms with Gasteiger partial charge in [0.1, 0.15) is 0 Å². The van der Waals surface area contributed by atoms with E-state index in [1.165, 1.54) is 28.6 Å². The van der Waals surface area contributed by atoms with Crippen molar-refractivity contribution in [2.75, 3.05) is 10.8 Å². The predicted octanol–water partition coefficient (Wildman–Crippen LogP) is 3.57. The molecule has 0 fully saturated rings. The Morgan fingerprint density at radius 3 is 2.23 bits per heavy atom. The van der Waals surface area contributed by atoms with Crippen LogP contribution in [0, 0.1) is 10.1 Å². The highest BCUT2D eigenvalue weighted by Crippen LogP contribution is 2.30. The maximum absolute atomic E-state index is 12.7. The number of halogens is 1. The molecule has 0 unspecified atom stereocenters. The Labute approximate surface area is 136 Å². The fourth-order valence-electron chi connectivity index (χ4n) is 1.99. The van der Waals surface area contributed by atoms with E-state index in [-0.39, 0.29) is 17.1 Å². The minimum Gasteiger partial charge on any atom is -0.265 e. The predicted molar refractivity (Wildman–Crippen MR) is 87.4 cm³/mol. The molecule has 0 spiro atoms. The van der Waals surface area contributed by atoms with Crippen molar-refractivity contribution < 1.29 is 13.3 Å². The molecule has 0 aliphatic heterocycles. The summed E-state index contributed by atoms with van der Waals surface area (Å²) in [6.45, 7) is 1.96. The largest absolute Gasteiger partial charge is 0.269 e. The van der Waals surface area contributed by atoms with E-state index in [0.717, 1.165) is 0 Å². The first-order valence-electron chi connectivity index (χ1n) is 6.39. The van der Waals surface area contributed by atoms with Gasteiger partial charge in [0.2, 0.25) is 0 Å². The van der Waals surface area contributed by atoms with Gasteiger partial charge in [-0.1, -0.05) is 12.1 Å². The van der Waals surface area contributed by atoms with Gasteiger partial charge < -0.3 is 0 Å². The number of nitro benzene ring substituents is 1. The number of nitrogens with zero attached hydrogens (tertiary/aromatic N) is 2. The summed E-state index contributed by atoms with van der Waals surface area (Å²) in [5.41, 5.74) is 0.367. The van der Waals surface area contributed by atoms with Gasteiger partial charge in [0.25, 0.3) is 15.7 Å². The zero-order valence-electron chi connectivity index (χ0n) is 11.6. The van der Waals surface area contributed by atoms with Crippen LogP contribution in [0.5, 0.6) is 0 Å². The lowest BCUT2D eigenvalue weighted by Gasteiger charge is -2.23. The van der Waals surface area contributed by atoms with Crippen LogP contribution < -0.4 is 4.31 Å². The van der Waals surface area contributed by atoms with Crippen molar-refractivity contribution in [2.45, 2.75) is 11.8 Å². The van der Waals surface area contributed by atoms with Crippen LogP contribution in [0.15, 0.2) is 57.9 Å². The number of rotatable bonds is 5. The normalized spacial score (nSPS) is 11.2. The highest BCUT2D eigenvalue weighted by Gasteiger charge is 2.25. The average molecular weight is 385 g/mol. The molecule has 0 bridgehead atoms. The standard InChI is InChI=1S/C14H13BrN2O4S/c1-2-16(14-6-4-3-5-13(14)15)22(20,21)12-9-7-11(8-10-12)17(18)19/h3-10H,2H2,1H3. The number of benzene rings is 2. The summed E-state index contributed by atoms with van der Waals surface area (Å²) < 4.78 is 27.4.